The van der Waals surface area contributed by atoms with Gasteiger partial charge in [-0.15, -0.1) is 5.11 Å². The van der Waals surface area contributed by atoms with Crippen molar-refractivity contribution in [2.45, 2.75) is 9.79 Å². The van der Waals surface area contributed by atoms with E-state index in [0.717, 1.165) is 6.07 Å². The number of azo groups is 1. The van der Waals surface area contributed by atoms with Crippen LogP contribution in [-0.2, 0) is 20.1 Å². The first-order valence-electron chi connectivity index (χ1n) is 9.67. The zero-order chi connectivity index (χ0) is 24.5. The minimum Gasteiger partial charge on any atom is -0.507 e. The Kier molecular flexibility index (Phi) is 7.84. The number of nitrogens with zero attached hydrogens (tertiary/aromatic N) is 2. The molecule has 0 amide bonds. The number of benzene rings is 4. The van der Waals surface area contributed by atoms with E-state index < -0.39 is 30.8 Å². The number of aromatic hydroxyl groups is 1. The Hall–Kier alpha value is -3.00. The van der Waals surface area contributed by atoms with Crippen LogP contribution in [0.1, 0.15) is 0 Å². The third kappa shape index (κ3) is 5.99. The van der Waals surface area contributed by atoms with Gasteiger partial charge in [-0.25, -0.2) is 8.42 Å². The van der Waals surface area contributed by atoms with Crippen LogP contribution in [0.4, 0.5) is 22.7 Å². The number of phenols is 1. The summed E-state index contributed by atoms with van der Waals surface area (Å²) >= 11 is 0. The van der Waals surface area contributed by atoms with Crippen LogP contribution in [0.15, 0.2) is 98.9 Å². The van der Waals surface area contributed by atoms with Crippen molar-refractivity contribution in [2.24, 2.45) is 10.2 Å². The standard InChI is InChI=1S/C22H18N4O6S2.Na/c23-19-11-6-14-12-18(34(30,31)32)13-20(27)21(14)22(19)25-24-15-7-9-17(10-8-15)33(28,29)26-16-4-2-1-3-5-16;/h1-13,26-27H,23H2,(H,30,31,32);. The summed E-state index contributed by atoms with van der Waals surface area (Å²) in [5, 5.41) is 18.9. The largest absolute Gasteiger partial charge is 0.507 e. The topological polar surface area (TPSA) is 172 Å². The smallest absolute Gasteiger partial charge is 0.294 e. The molecule has 0 unspecified atom stereocenters. The number of fused-ring (bicyclic) bond motifs is 1. The fourth-order valence-corrected chi connectivity index (χ4v) is 4.79. The van der Waals surface area contributed by atoms with E-state index in [9.17, 15) is 26.5 Å². The molecule has 0 aliphatic rings. The molecule has 4 aromatic carbocycles. The van der Waals surface area contributed by atoms with Gasteiger partial charge in [0.25, 0.3) is 20.1 Å². The van der Waals surface area contributed by atoms with Gasteiger partial charge < -0.3 is 10.8 Å². The molecule has 0 aliphatic carbocycles. The van der Waals surface area contributed by atoms with Crippen LogP contribution in [0.5, 0.6) is 5.75 Å². The van der Waals surface area contributed by atoms with E-state index in [1.54, 1.807) is 30.3 Å². The fraction of sp³-hybridized carbons (Fsp3) is 0. The minimum atomic E-state index is -4.53. The predicted molar refractivity (Wildman–Crippen MR) is 133 cm³/mol. The van der Waals surface area contributed by atoms with Crippen LogP contribution < -0.4 is 10.5 Å². The monoisotopic (exact) mass is 521 g/mol. The van der Waals surface area contributed by atoms with Crippen LogP contribution in [0, 0.1) is 0 Å². The summed E-state index contributed by atoms with van der Waals surface area (Å²) in [7, 11) is -8.33. The third-order valence-corrected chi connectivity index (χ3v) is 7.04. The second-order valence-electron chi connectivity index (χ2n) is 7.18. The Morgan fingerprint density at radius 3 is 2.09 bits per heavy atom. The van der Waals surface area contributed by atoms with Gasteiger partial charge in [-0.3, -0.25) is 9.27 Å². The van der Waals surface area contributed by atoms with E-state index >= 15 is 0 Å². The maximum Gasteiger partial charge on any atom is 0.294 e. The molecule has 0 saturated heterocycles. The molecule has 0 saturated carbocycles. The molecule has 0 atom stereocenters. The Labute approximate surface area is 223 Å². The van der Waals surface area contributed by atoms with Crippen molar-refractivity contribution in [1.82, 2.24) is 0 Å². The van der Waals surface area contributed by atoms with Gasteiger partial charge in [-0.05, 0) is 53.9 Å². The molecule has 175 valence electrons. The van der Waals surface area contributed by atoms with Gasteiger partial charge in [0.2, 0.25) is 0 Å². The Balaban J connectivity index is 0.00000342. The normalized spacial score (nSPS) is 11.9. The number of nitrogen functional groups attached to an aromatic ring is 1. The van der Waals surface area contributed by atoms with Crippen LogP contribution >= 0.6 is 0 Å². The number of nitrogens with two attached hydrogens (primary N) is 1. The van der Waals surface area contributed by atoms with Crippen LogP contribution in [0.3, 0.4) is 0 Å². The molecule has 0 fully saturated rings. The van der Waals surface area contributed by atoms with Gasteiger partial charge in [0.05, 0.1) is 26.6 Å². The molecule has 0 heterocycles. The van der Waals surface area contributed by atoms with Gasteiger partial charge in [-0.2, -0.15) is 13.5 Å². The van der Waals surface area contributed by atoms with E-state index in [1.165, 1.54) is 42.5 Å². The van der Waals surface area contributed by atoms with E-state index in [1.807, 2.05) is 0 Å². The molecule has 4 aromatic rings. The summed E-state index contributed by atoms with van der Waals surface area (Å²) in [5.41, 5.74) is 6.96. The summed E-state index contributed by atoms with van der Waals surface area (Å²) in [6, 6.07) is 19.0. The van der Waals surface area contributed by atoms with Gasteiger partial charge in [0.15, 0.2) is 0 Å². The van der Waals surface area contributed by atoms with Crippen molar-refractivity contribution in [1.29, 1.82) is 0 Å². The predicted octanol–water partition coefficient (Wildman–Crippen LogP) is 4.21. The summed E-state index contributed by atoms with van der Waals surface area (Å²) in [6.45, 7) is 0. The zero-order valence-corrected chi connectivity index (χ0v) is 22.0. The number of rotatable bonds is 6. The minimum absolute atomic E-state index is 0. The van der Waals surface area contributed by atoms with Crippen molar-refractivity contribution in [3.05, 3.63) is 78.9 Å². The van der Waals surface area contributed by atoms with E-state index in [4.69, 9.17) is 5.73 Å². The fourth-order valence-electron chi connectivity index (χ4n) is 3.19. The molecule has 10 nitrogen and oxygen atoms in total. The number of sulfonamides is 1. The maximum absolute atomic E-state index is 12.5. The number of phenolic OH excluding ortho intramolecular Hbond substituents is 1. The van der Waals surface area contributed by atoms with Gasteiger partial charge in [-0.1, -0.05) is 24.3 Å². The molecule has 1 radical (unpaired) electrons. The van der Waals surface area contributed by atoms with Gasteiger partial charge in [0.1, 0.15) is 11.4 Å². The summed E-state index contributed by atoms with van der Waals surface area (Å²) in [6.07, 6.45) is 0. The van der Waals surface area contributed by atoms with Gasteiger partial charge >= 0.3 is 0 Å². The van der Waals surface area contributed by atoms with Crippen molar-refractivity contribution >= 4 is 83.2 Å². The first-order chi connectivity index (χ1) is 16.0. The Bertz CT molecular complexity index is 1630. The molecule has 0 aliphatic heterocycles. The summed E-state index contributed by atoms with van der Waals surface area (Å²) in [4.78, 5) is -0.457. The number of nitrogens with one attached hydrogen (secondary N) is 1. The molecule has 4 rings (SSSR count). The SMILES string of the molecule is Nc1ccc2cc(S(=O)(=O)O)cc(O)c2c1N=Nc1ccc(S(=O)(=O)Nc2ccccc2)cc1.[Na]. The number of hydrogen-bond donors (Lipinski definition) is 4. The third-order valence-electron chi connectivity index (χ3n) is 4.81. The Morgan fingerprint density at radius 2 is 1.46 bits per heavy atom. The quantitative estimate of drug-likeness (QED) is 0.127. The number of anilines is 2. The second-order valence-corrected chi connectivity index (χ2v) is 10.3. The van der Waals surface area contributed by atoms with Crippen LogP contribution in [-0.4, -0.2) is 56.1 Å². The summed E-state index contributed by atoms with van der Waals surface area (Å²) in [5.74, 6) is -0.459. The molecule has 13 heteroatoms. The number of hydrogen-bond acceptors (Lipinski definition) is 8. The van der Waals surface area contributed by atoms with Crippen LogP contribution in [0.25, 0.3) is 10.8 Å². The van der Waals surface area contributed by atoms with Crippen molar-refractivity contribution in [3.63, 3.8) is 0 Å². The van der Waals surface area contributed by atoms with Crippen molar-refractivity contribution < 1.29 is 26.5 Å². The second kappa shape index (κ2) is 10.3. The van der Waals surface area contributed by atoms with Crippen molar-refractivity contribution in [2.75, 3.05) is 10.5 Å². The Morgan fingerprint density at radius 1 is 0.800 bits per heavy atom. The summed E-state index contributed by atoms with van der Waals surface area (Å²) < 4.78 is 59.7. The molecule has 5 N–H and O–H groups in total. The molecule has 0 aromatic heterocycles. The van der Waals surface area contributed by atoms with E-state index in [-0.39, 0.29) is 56.6 Å². The van der Waals surface area contributed by atoms with E-state index in [2.05, 4.69) is 15.0 Å². The molecule has 0 spiro atoms. The average molecular weight is 522 g/mol. The number of para-hydroxylation sites is 1. The average Bonchev–Trinajstić information content (AvgIpc) is 2.78. The van der Waals surface area contributed by atoms with Gasteiger partial charge in [0, 0.05) is 41.3 Å². The first kappa shape index (κ1) is 26.6. The van der Waals surface area contributed by atoms with E-state index in [0.29, 0.717) is 11.4 Å². The molecular formula is C22H18N4NaO6S2. The molecule has 0 bridgehead atoms. The first-order valence-corrected chi connectivity index (χ1v) is 12.6. The van der Waals surface area contributed by atoms with Crippen LogP contribution in [0.2, 0.25) is 0 Å². The molecular weight excluding hydrogens is 503 g/mol. The molecule has 35 heavy (non-hydrogen) atoms. The zero-order valence-electron chi connectivity index (χ0n) is 18.3. The van der Waals surface area contributed by atoms with Crippen molar-refractivity contribution in [3.8, 4) is 5.75 Å². The maximum atomic E-state index is 12.5.